The van der Waals surface area contributed by atoms with Crippen LogP contribution in [0.2, 0.25) is 0 Å². The quantitative estimate of drug-likeness (QED) is 0.309. The molecule has 4 aromatic rings. The van der Waals surface area contributed by atoms with E-state index in [1.54, 1.807) is 26.1 Å². The molecule has 2 aliphatic heterocycles. The van der Waals surface area contributed by atoms with E-state index in [0.29, 0.717) is 54.0 Å². The highest BCUT2D eigenvalue weighted by Gasteiger charge is 2.46. The van der Waals surface area contributed by atoms with Crippen LogP contribution in [0.4, 0.5) is 13.2 Å². The van der Waals surface area contributed by atoms with E-state index in [2.05, 4.69) is 20.2 Å². The molecule has 1 spiro atoms. The molecule has 1 N–H and O–H groups in total. The monoisotopic (exact) mass is 674 g/mol. The fourth-order valence-corrected chi connectivity index (χ4v) is 7.88. The highest BCUT2D eigenvalue weighted by molar-refractivity contribution is 7.89. The van der Waals surface area contributed by atoms with Crippen molar-refractivity contribution in [3.05, 3.63) is 76.6 Å². The fourth-order valence-electron chi connectivity index (χ4n) is 6.32. The summed E-state index contributed by atoms with van der Waals surface area (Å²) in [5, 5.41) is 17.4. The molecule has 1 fully saturated rings. The second-order valence-corrected chi connectivity index (χ2v) is 14.5. The third-order valence-corrected chi connectivity index (χ3v) is 10.9. The third-order valence-electron chi connectivity index (χ3n) is 9.12. The molecular weight excluding hydrogens is 641 g/mol. The summed E-state index contributed by atoms with van der Waals surface area (Å²) in [6.45, 7) is 7.07. The molecule has 250 valence electrons. The first kappa shape index (κ1) is 32.8. The summed E-state index contributed by atoms with van der Waals surface area (Å²) in [5.41, 5.74) is -0.225. The van der Waals surface area contributed by atoms with Gasteiger partial charge in [-0.3, -0.25) is 14.2 Å². The number of carboxylic acid groups (broad SMARTS) is 1. The first-order valence-corrected chi connectivity index (χ1v) is 16.3. The zero-order chi connectivity index (χ0) is 33.9. The first-order valence-electron chi connectivity index (χ1n) is 14.9. The number of sulfonamides is 1. The van der Waals surface area contributed by atoms with Crippen LogP contribution in [0.1, 0.15) is 66.4 Å². The minimum Gasteiger partial charge on any atom is -0.481 e. The number of aromatic nitrogens is 5. The number of alkyl halides is 3. The van der Waals surface area contributed by atoms with Crippen LogP contribution >= 0.6 is 0 Å². The number of hydrogen-bond acceptors (Lipinski definition) is 9. The van der Waals surface area contributed by atoms with E-state index < -0.39 is 44.9 Å². The number of carbonyl (C=O) groups is 1. The second-order valence-electron chi connectivity index (χ2n) is 12.6. The molecular formula is C31H33F3N6O6S. The Balaban J connectivity index is 1.46. The number of fused-ring (bicyclic) bond motifs is 2. The lowest BCUT2D eigenvalue weighted by Crippen LogP contribution is -2.50. The largest absolute Gasteiger partial charge is 0.481 e. The van der Waals surface area contributed by atoms with Crippen LogP contribution < -0.4 is 4.74 Å². The van der Waals surface area contributed by atoms with Gasteiger partial charge in [0.1, 0.15) is 10.5 Å². The Morgan fingerprint density at radius 3 is 2.53 bits per heavy atom. The van der Waals surface area contributed by atoms with Crippen LogP contribution in [0.25, 0.3) is 5.65 Å². The van der Waals surface area contributed by atoms with Crippen molar-refractivity contribution in [3.8, 4) is 5.88 Å². The summed E-state index contributed by atoms with van der Waals surface area (Å²) >= 11 is 0. The van der Waals surface area contributed by atoms with Crippen molar-refractivity contribution in [1.82, 2.24) is 28.9 Å². The predicted molar refractivity (Wildman–Crippen MR) is 160 cm³/mol. The molecule has 0 aliphatic carbocycles. The number of ether oxygens (including phenoxy) is 2. The second kappa shape index (κ2) is 11.5. The van der Waals surface area contributed by atoms with E-state index in [9.17, 15) is 31.5 Å². The van der Waals surface area contributed by atoms with Crippen LogP contribution in [0.3, 0.4) is 0 Å². The minimum atomic E-state index is -4.75. The average molecular weight is 675 g/mol. The summed E-state index contributed by atoms with van der Waals surface area (Å²) in [7, 11) is -4.10. The molecule has 6 heterocycles. The molecule has 0 amide bonds. The summed E-state index contributed by atoms with van der Waals surface area (Å²) in [5.74, 6) is -3.30. The number of rotatable bonds is 6. The maximum Gasteiger partial charge on any atom is 0.452 e. The Morgan fingerprint density at radius 2 is 1.85 bits per heavy atom. The van der Waals surface area contributed by atoms with Gasteiger partial charge in [0, 0.05) is 49.6 Å². The van der Waals surface area contributed by atoms with Gasteiger partial charge >= 0.3 is 12.1 Å². The lowest BCUT2D eigenvalue weighted by atomic mass is 9.71. The van der Waals surface area contributed by atoms with Gasteiger partial charge in [-0.15, -0.1) is 10.2 Å². The van der Waals surface area contributed by atoms with Crippen molar-refractivity contribution in [2.45, 2.75) is 69.7 Å². The zero-order valence-electron chi connectivity index (χ0n) is 26.1. The summed E-state index contributed by atoms with van der Waals surface area (Å²) < 4.78 is 82.9. The molecule has 16 heteroatoms. The minimum absolute atomic E-state index is 0.0281. The molecule has 4 aromatic heterocycles. The molecule has 12 nitrogen and oxygen atoms in total. The van der Waals surface area contributed by atoms with Gasteiger partial charge in [-0.05, 0) is 74.2 Å². The van der Waals surface area contributed by atoms with Crippen LogP contribution in [-0.2, 0) is 32.3 Å². The molecule has 0 aromatic carbocycles. The number of aryl methyl sites for hydroxylation is 2. The summed E-state index contributed by atoms with van der Waals surface area (Å²) in [6, 6.07) is 6.07. The molecule has 47 heavy (non-hydrogen) atoms. The third kappa shape index (κ3) is 5.71. The van der Waals surface area contributed by atoms with Gasteiger partial charge in [-0.25, -0.2) is 13.4 Å². The van der Waals surface area contributed by atoms with Gasteiger partial charge in [0.2, 0.25) is 21.7 Å². The molecule has 1 atom stereocenters. The van der Waals surface area contributed by atoms with Crippen LogP contribution in [-0.4, -0.2) is 73.7 Å². The molecule has 0 radical (unpaired) electrons. The van der Waals surface area contributed by atoms with Gasteiger partial charge in [-0.2, -0.15) is 17.5 Å². The predicted octanol–water partition coefficient (Wildman–Crippen LogP) is 4.53. The van der Waals surface area contributed by atoms with Crippen molar-refractivity contribution in [3.63, 3.8) is 0 Å². The Kier molecular flexibility index (Phi) is 8.04. The van der Waals surface area contributed by atoms with Gasteiger partial charge in [-0.1, -0.05) is 0 Å². The Hall–Kier alpha value is -4.15. The fraction of sp³-hybridized carbons (Fsp3) is 0.452. The van der Waals surface area contributed by atoms with Gasteiger partial charge in [0.15, 0.2) is 5.65 Å². The SMILES string of the molecule is Cc1cnc([C@H](c2ccn3c(C(F)(F)F)nnc3c2C)C(C)(C)C(=O)O)cc1CN1CC2(CCOCC2)Oc2ncccc2S1(=O)=O. The standard InChI is InChI=1S/C31H33F3N6O6S/c1-18-15-36-22(24(29(3,4)28(41)42)21-7-11-40-25(19(21)2)37-38-27(40)31(32,33)34)14-20(18)16-39-17-30(8-12-45-13-9-30)46-26-23(47(39,43)44)6-5-10-35-26/h5-7,10-11,14-15,24H,8-9,12-13,16-17H2,1-4H3,(H,41,42)/t24-/m0/s1. The van der Waals surface area contributed by atoms with Crippen LogP contribution in [0, 0.1) is 19.3 Å². The average Bonchev–Trinajstić information content (AvgIpc) is 3.43. The summed E-state index contributed by atoms with van der Waals surface area (Å²) in [4.78, 5) is 21.4. The molecule has 6 rings (SSSR count). The number of halogens is 3. The molecule has 0 bridgehead atoms. The van der Waals surface area contributed by atoms with E-state index in [4.69, 9.17) is 9.47 Å². The van der Waals surface area contributed by atoms with Gasteiger partial charge in [0.05, 0.1) is 25.2 Å². The Bertz CT molecular complexity index is 1970. The van der Waals surface area contributed by atoms with Crippen LogP contribution in [0.15, 0.2) is 47.8 Å². The van der Waals surface area contributed by atoms with Crippen molar-refractivity contribution in [2.24, 2.45) is 5.41 Å². The zero-order valence-corrected chi connectivity index (χ0v) is 26.9. The van der Waals surface area contributed by atoms with Gasteiger partial charge in [0.25, 0.3) is 0 Å². The number of aliphatic carboxylic acids is 1. The Morgan fingerprint density at radius 1 is 1.13 bits per heavy atom. The topological polar surface area (TPSA) is 149 Å². The lowest BCUT2D eigenvalue weighted by Gasteiger charge is -2.38. The van der Waals surface area contributed by atoms with Crippen molar-refractivity contribution in [2.75, 3.05) is 19.8 Å². The number of nitrogens with zero attached hydrogens (tertiary/aromatic N) is 6. The van der Waals surface area contributed by atoms with E-state index in [1.807, 2.05) is 0 Å². The van der Waals surface area contributed by atoms with Crippen LogP contribution in [0.5, 0.6) is 5.88 Å². The van der Waals surface area contributed by atoms with E-state index in [1.165, 1.54) is 48.7 Å². The highest BCUT2D eigenvalue weighted by atomic mass is 32.2. The van der Waals surface area contributed by atoms with E-state index in [-0.39, 0.29) is 29.5 Å². The van der Waals surface area contributed by atoms with Gasteiger partial charge < -0.3 is 14.6 Å². The van der Waals surface area contributed by atoms with Crippen molar-refractivity contribution >= 4 is 21.6 Å². The molecule has 1 saturated heterocycles. The first-order chi connectivity index (χ1) is 22.0. The number of hydrogen-bond donors (Lipinski definition) is 1. The molecule has 0 unspecified atom stereocenters. The number of pyridine rings is 3. The number of carboxylic acids is 1. The molecule has 2 aliphatic rings. The van der Waals surface area contributed by atoms with E-state index >= 15 is 0 Å². The van der Waals surface area contributed by atoms with Crippen molar-refractivity contribution < 1.29 is 41.0 Å². The lowest BCUT2D eigenvalue weighted by molar-refractivity contribution is -0.147. The molecule has 0 saturated carbocycles. The maximum atomic E-state index is 14.1. The normalized spacial score (nSPS) is 18.8. The summed E-state index contributed by atoms with van der Waals surface area (Å²) in [6.07, 6.45) is 0.338. The highest BCUT2D eigenvalue weighted by Crippen LogP contribution is 2.44. The Labute approximate surface area is 268 Å². The smallest absolute Gasteiger partial charge is 0.452 e. The van der Waals surface area contributed by atoms with E-state index in [0.717, 1.165) is 4.40 Å². The maximum absolute atomic E-state index is 14.1. The van der Waals surface area contributed by atoms with Crippen molar-refractivity contribution in [1.29, 1.82) is 0 Å².